The number of amides is 1. The fraction of sp³-hybridized carbons (Fsp3) is 0.346. The molecule has 0 radical (unpaired) electrons. The molecule has 3 N–H and O–H groups in total. The summed E-state index contributed by atoms with van der Waals surface area (Å²) >= 11 is 0. The van der Waals surface area contributed by atoms with E-state index in [2.05, 4.69) is 46.2 Å². The number of ether oxygens (including phenoxy) is 1. The van der Waals surface area contributed by atoms with Crippen LogP contribution in [0.3, 0.4) is 0 Å². The first-order valence-corrected chi connectivity index (χ1v) is 11.6. The van der Waals surface area contributed by atoms with Crippen LogP contribution in [0.5, 0.6) is 0 Å². The number of fused-ring (bicyclic) bond motifs is 1. The Kier molecular flexibility index (Phi) is 5.91. The van der Waals surface area contributed by atoms with Crippen molar-refractivity contribution in [2.75, 3.05) is 36.9 Å². The van der Waals surface area contributed by atoms with E-state index in [9.17, 15) is 9.18 Å². The highest BCUT2D eigenvalue weighted by Gasteiger charge is 2.24. The van der Waals surface area contributed by atoms with E-state index in [1.54, 1.807) is 12.3 Å². The summed E-state index contributed by atoms with van der Waals surface area (Å²) in [6, 6.07) is 11.0. The summed E-state index contributed by atoms with van der Waals surface area (Å²) in [7, 11) is 0. The average Bonchev–Trinajstić information content (AvgIpc) is 2.85. The highest BCUT2D eigenvalue weighted by molar-refractivity contribution is 5.97. The molecule has 3 aromatic rings. The number of hydrogen-bond acceptors (Lipinski definition) is 6. The highest BCUT2D eigenvalue weighted by atomic mass is 19.1. The van der Waals surface area contributed by atoms with Crippen LogP contribution in [0, 0.1) is 11.7 Å². The second-order valence-corrected chi connectivity index (χ2v) is 9.13. The highest BCUT2D eigenvalue weighted by Crippen LogP contribution is 2.32. The lowest BCUT2D eigenvalue weighted by Gasteiger charge is -2.36. The van der Waals surface area contributed by atoms with E-state index in [0.29, 0.717) is 36.7 Å². The van der Waals surface area contributed by atoms with E-state index in [1.807, 2.05) is 12.1 Å². The van der Waals surface area contributed by atoms with Gasteiger partial charge in [-0.2, -0.15) is 0 Å². The molecule has 5 rings (SSSR count). The summed E-state index contributed by atoms with van der Waals surface area (Å²) in [5.41, 5.74) is 10.4. The molecule has 2 aliphatic heterocycles. The Labute approximate surface area is 198 Å². The van der Waals surface area contributed by atoms with Crippen LogP contribution in [0.1, 0.15) is 29.8 Å². The van der Waals surface area contributed by atoms with Gasteiger partial charge >= 0.3 is 0 Å². The van der Waals surface area contributed by atoms with E-state index in [1.165, 1.54) is 6.07 Å². The van der Waals surface area contributed by atoms with Crippen molar-refractivity contribution in [3.8, 4) is 22.5 Å². The van der Waals surface area contributed by atoms with Crippen LogP contribution >= 0.6 is 0 Å². The summed E-state index contributed by atoms with van der Waals surface area (Å²) < 4.78 is 20.9. The molecule has 1 aromatic heterocycles. The standard InChI is InChI=1S/C26H28FN5O2/c1-15(2)23-14-32(9-10-34-23)18-5-3-16(4-6-18)22-13-30-25(28)24(31-22)20-11-17-7-8-29-26(33)19(17)12-21(20)27/h3-6,11-13,15,23H,7-10,14H2,1-2H3,(H2,28,30)(H,29,33). The molecule has 34 heavy (non-hydrogen) atoms. The zero-order valence-electron chi connectivity index (χ0n) is 19.3. The van der Waals surface area contributed by atoms with Gasteiger partial charge in [0.2, 0.25) is 0 Å². The third kappa shape index (κ3) is 4.21. The zero-order valence-corrected chi connectivity index (χ0v) is 19.3. The Hall–Kier alpha value is -3.52. The molecule has 0 saturated carbocycles. The van der Waals surface area contributed by atoms with E-state index in [4.69, 9.17) is 10.5 Å². The molecule has 0 spiro atoms. The van der Waals surface area contributed by atoms with Crippen molar-refractivity contribution in [2.24, 2.45) is 5.92 Å². The molecule has 1 atom stereocenters. The van der Waals surface area contributed by atoms with E-state index < -0.39 is 5.82 Å². The number of morpholine rings is 1. The molecular weight excluding hydrogens is 433 g/mol. The van der Waals surface area contributed by atoms with E-state index in [0.717, 1.165) is 29.9 Å². The number of nitrogens with zero attached hydrogens (tertiary/aromatic N) is 3. The first-order chi connectivity index (χ1) is 16.4. The van der Waals surface area contributed by atoms with Crippen LogP contribution in [0.2, 0.25) is 0 Å². The van der Waals surface area contributed by atoms with Crippen molar-refractivity contribution < 1.29 is 13.9 Å². The van der Waals surface area contributed by atoms with Gasteiger partial charge in [0.15, 0.2) is 0 Å². The monoisotopic (exact) mass is 461 g/mol. The van der Waals surface area contributed by atoms with Gasteiger partial charge in [-0.25, -0.2) is 14.4 Å². The maximum atomic E-state index is 15.0. The Balaban J connectivity index is 1.44. The van der Waals surface area contributed by atoms with Crippen molar-refractivity contribution in [1.82, 2.24) is 15.3 Å². The van der Waals surface area contributed by atoms with Crippen LogP contribution in [0.4, 0.5) is 15.9 Å². The molecule has 2 aliphatic rings. The number of hydrogen-bond donors (Lipinski definition) is 2. The maximum absolute atomic E-state index is 15.0. The van der Waals surface area contributed by atoms with Crippen molar-refractivity contribution >= 4 is 17.4 Å². The first kappa shape index (κ1) is 22.3. The van der Waals surface area contributed by atoms with Crippen LogP contribution in [-0.2, 0) is 11.2 Å². The lowest BCUT2D eigenvalue weighted by molar-refractivity contribution is 0.0114. The molecule has 8 heteroatoms. The molecule has 7 nitrogen and oxygen atoms in total. The van der Waals surface area contributed by atoms with Gasteiger partial charge in [0.05, 0.1) is 24.6 Å². The largest absolute Gasteiger partial charge is 0.382 e. The topological polar surface area (TPSA) is 93.4 Å². The van der Waals surface area contributed by atoms with Crippen molar-refractivity contribution in [3.05, 3.63) is 59.5 Å². The van der Waals surface area contributed by atoms with E-state index in [-0.39, 0.29) is 29.1 Å². The number of carbonyl (C=O) groups excluding carboxylic acids is 1. The van der Waals surface area contributed by atoms with Gasteiger partial charge in [0.25, 0.3) is 5.91 Å². The minimum atomic E-state index is -0.545. The van der Waals surface area contributed by atoms with Crippen LogP contribution in [-0.4, -0.2) is 48.2 Å². The Bertz CT molecular complexity index is 1230. The molecule has 176 valence electrons. The number of nitrogen functional groups attached to an aromatic ring is 1. The predicted molar refractivity (Wildman–Crippen MR) is 130 cm³/mol. The van der Waals surface area contributed by atoms with Crippen molar-refractivity contribution in [1.29, 1.82) is 0 Å². The number of nitrogens with two attached hydrogens (primary N) is 1. The summed E-state index contributed by atoms with van der Waals surface area (Å²) in [5, 5.41) is 2.73. The van der Waals surface area contributed by atoms with Gasteiger partial charge in [-0.1, -0.05) is 26.0 Å². The van der Waals surface area contributed by atoms with Crippen molar-refractivity contribution in [2.45, 2.75) is 26.4 Å². The summed E-state index contributed by atoms with van der Waals surface area (Å²) in [6.07, 6.45) is 2.44. The van der Waals surface area contributed by atoms with Crippen LogP contribution in [0.25, 0.3) is 22.5 Å². The maximum Gasteiger partial charge on any atom is 0.251 e. The third-order valence-electron chi connectivity index (χ3n) is 6.54. The summed E-state index contributed by atoms with van der Waals surface area (Å²) in [4.78, 5) is 23.3. The van der Waals surface area contributed by atoms with Gasteiger partial charge in [-0.3, -0.25) is 4.79 Å². The van der Waals surface area contributed by atoms with Crippen LogP contribution in [0.15, 0.2) is 42.6 Å². The SMILES string of the molecule is CC(C)C1CN(c2ccc(-c3cnc(N)c(-c4cc5c(cc4F)C(=O)NCC5)n3)cc2)CCO1. The number of aromatic nitrogens is 2. The van der Waals surface area contributed by atoms with Crippen LogP contribution < -0.4 is 16.0 Å². The second kappa shape index (κ2) is 9.02. The Morgan fingerprint density at radius 2 is 2.00 bits per heavy atom. The zero-order chi connectivity index (χ0) is 23.8. The minimum absolute atomic E-state index is 0.146. The molecule has 1 saturated heterocycles. The normalized spacial score (nSPS) is 18.1. The molecule has 1 fully saturated rings. The smallest absolute Gasteiger partial charge is 0.251 e. The number of carbonyl (C=O) groups is 1. The first-order valence-electron chi connectivity index (χ1n) is 11.6. The van der Waals surface area contributed by atoms with Gasteiger partial charge in [-0.15, -0.1) is 0 Å². The van der Waals surface area contributed by atoms with Gasteiger partial charge in [-0.05, 0) is 42.2 Å². The lowest BCUT2D eigenvalue weighted by atomic mass is 9.96. The number of halogens is 1. The predicted octanol–water partition coefficient (Wildman–Crippen LogP) is 3.68. The molecule has 0 bridgehead atoms. The minimum Gasteiger partial charge on any atom is -0.382 e. The quantitative estimate of drug-likeness (QED) is 0.616. The van der Waals surface area contributed by atoms with Gasteiger partial charge in [0, 0.05) is 42.0 Å². The number of rotatable bonds is 4. The molecule has 0 aliphatic carbocycles. The number of anilines is 2. The van der Waals surface area contributed by atoms with Crippen molar-refractivity contribution in [3.63, 3.8) is 0 Å². The summed E-state index contributed by atoms with van der Waals surface area (Å²) in [5.74, 6) is -0.202. The molecule has 3 heterocycles. The molecule has 1 amide bonds. The molecular formula is C26H28FN5O2. The lowest BCUT2D eigenvalue weighted by Crippen LogP contribution is -2.44. The third-order valence-corrected chi connectivity index (χ3v) is 6.54. The Morgan fingerprint density at radius 3 is 2.76 bits per heavy atom. The van der Waals surface area contributed by atoms with Gasteiger partial charge in [0.1, 0.15) is 17.3 Å². The van der Waals surface area contributed by atoms with E-state index >= 15 is 0 Å². The average molecular weight is 462 g/mol. The summed E-state index contributed by atoms with van der Waals surface area (Å²) in [6.45, 7) is 7.29. The van der Waals surface area contributed by atoms with Gasteiger partial charge < -0.3 is 20.7 Å². The fourth-order valence-electron chi connectivity index (χ4n) is 4.52. The Morgan fingerprint density at radius 1 is 1.21 bits per heavy atom. The molecule has 1 unspecified atom stereocenters. The number of benzene rings is 2. The fourth-order valence-corrected chi connectivity index (χ4v) is 4.52. The number of nitrogens with one attached hydrogen (secondary N) is 1. The molecule has 2 aromatic carbocycles. The second-order valence-electron chi connectivity index (χ2n) is 9.13.